The molecule has 0 unspecified atom stereocenters. The molecule has 94 valence electrons. The van der Waals surface area contributed by atoms with E-state index < -0.39 is 0 Å². The van der Waals surface area contributed by atoms with E-state index in [-0.39, 0.29) is 5.91 Å². The Morgan fingerprint density at radius 2 is 2.06 bits per heavy atom. The molecule has 1 aromatic rings. The molecule has 2 atom stereocenters. The molecule has 1 saturated heterocycles. The van der Waals surface area contributed by atoms with Gasteiger partial charge in [-0.1, -0.05) is 0 Å². The summed E-state index contributed by atoms with van der Waals surface area (Å²) in [4.78, 5) is 16.6. The molecule has 1 fully saturated rings. The molecule has 17 heavy (non-hydrogen) atoms. The fourth-order valence-electron chi connectivity index (χ4n) is 2.37. The Labute approximate surface area is 107 Å². The van der Waals surface area contributed by atoms with Crippen molar-refractivity contribution in [1.82, 2.24) is 10.2 Å². The van der Waals surface area contributed by atoms with Gasteiger partial charge in [0, 0.05) is 34.9 Å². The van der Waals surface area contributed by atoms with Crippen molar-refractivity contribution in [3.63, 3.8) is 0 Å². The third-order valence-electron chi connectivity index (χ3n) is 3.03. The highest BCUT2D eigenvalue weighted by atomic mass is 32.1. The van der Waals surface area contributed by atoms with Crippen molar-refractivity contribution in [2.75, 3.05) is 13.1 Å². The van der Waals surface area contributed by atoms with E-state index >= 15 is 0 Å². The highest BCUT2D eigenvalue weighted by Crippen LogP contribution is 2.17. The molecule has 0 radical (unpaired) electrons. The lowest BCUT2D eigenvalue weighted by atomic mass is 10.1. The third kappa shape index (κ3) is 3.30. The van der Waals surface area contributed by atoms with Gasteiger partial charge in [-0.25, -0.2) is 0 Å². The van der Waals surface area contributed by atoms with E-state index in [0.717, 1.165) is 13.1 Å². The van der Waals surface area contributed by atoms with Gasteiger partial charge in [0.1, 0.15) is 0 Å². The Balaban J connectivity index is 1.95. The Bertz CT molecular complexity index is 392. The van der Waals surface area contributed by atoms with Crippen LogP contribution >= 0.6 is 11.3 Å². The molecule has 1 aliphatic rings. The van der Waals surface area contributed by atoms with Crippen LogP contribution < -0.4 is 5.32 Å². The lowest BCUT2D eigenvalue weighted by Gasteiger charge is -2.36. The molecular formula is C13H20N2OS. The number of carbonyl (C=O) groups excluding carboxylic acids is 1. The van der Waals surface area contributed by atoms with Crippen LogP contribution in [0.4, 0.5) is 0 Å². The van der Waals surface area contributed by atoms with E-state index in [2.05, 4.69) is 38.2 Å². The zero-order chi connectivity index (χ0) is 12.4. The zero-order valence-corrected chi connectivity index (χ0v) is 11.5. The van der Waals surface area contributed by atoms with E-state index in [0.29, 0.717) is 18.5 Å². The number of aryl methyl sites for hydroxylation is 1. The number of carbonyl (C=O) groups is 1. The standard InChI is InChI=1S/C13H20N2OS/c1-9-7-15(8-10(2)14-9)13(16)6-12-5-4-11(3)17-12/h4-5,9-10,14H,6-8H2,1-3H3/t9-,10-/m0/s1. The summed E-state index contributed by atoms with van der Waals surface area (Å²) in [6.45, 7) is 7.99. The number of piperazine rings is 1. The number of amides is 1. The Hall–Kier alpha value is -0.870. The smallest absolute Gasteiger partial charge is 0.227 e. The van der Waals surface area contributed by atoms with Crippen LogP contribution in [0.3, 0.4) is 0 Å². The van der Waals surface area contributed by atoms with Crippen LogP contribution in [-0.2, 0) is 11.2 Å². The first-order chi connectivity index (χ1) is 8.04. The normalized spacial score (nSPS) is 25.0. The number of hydrogen-bond donors (Lipinski definition) is 1. The molecule has 1 aromatic heterocycles. The summed E-state index contributed by atoms with van der Waals surface area (Å²) >= 11 is 1.72. The Morgan fingerprint density at radius 1 is 1.41 bits per heavy atom. The minimum absolute atomic E-state index is 0.257. The van der Waals surface area contributed by atoms with Crippen LogP contribution in [0.15, 0.2) is 12.1 Å². The van der Waals surface area contributed by atoms with Gasteiger partial charge in [-0.3, -0.25) is 4.79 Å². The summed E-state index contributed by atoms with van der Waals surface area (Å²) in [6.07, 6.45) is 0.554. The van der Waals surface area contributed by atoms with Crippen LogP contribution in [0.2, 0.25) is 0 Å². The second-order valence-corrected chi connectivity index (χ2v) is 6.33. The first-order valence-corrected chi connectivity index (χ1v) is 6.95. The maximum Gasteiger partial charge on any atom is 0.227 e. The topological polar surface area (TPSA) is 32.3 Å². The molecule has 0 aromatic carbocycles. The van der Waals surface area contributed by atoms with Gasteiger partial charge in [0.2, 0.25) is 5.91 Å². The van der Waals surface area contributed by atoms with Gasteiger partial charge in [0.05, 0.1) is 6.42 Å². The molecule has 1 N–H and O–H groups in total. The molecule has 0 saturated carbocycles. The minimum Gasteiger partial charge on any atom is -0.339 e. The predicted octanol–water partition coefficient (Wildman–Crippen LogP) is 1.81. The highest BCUT2D eigenvalue weighted by molar-refractivity contribution is 7.12. The summed E-state index contributed by atoms with van der Waals surface area (Å²) in [5.74, 6) is 0.257. The van der Waals surface area contributed by atoms with Crippen LogP contribution in [-0.4, -0.2) is 36.0 Å². The van der Waals surface area contributed by atoms with E-state index in [4.69, 9.17) is 0 Å². The second kappa shape index (κ2) is 5.19. The van der Waals surface area contributed by atoms with Crippen LogP contribution in [0.25, 0.3) is 0 Å². The molecule has 2 rings (SSSR count). The van der Waals surface area contributed by atoms with Gasteiger partial charge in [0.25, 0.3) is 0 Å². The minimum atomic E-state index is 0.257. The molecule has 1 aliphatic heterocycles. The summed E-state index contributed by atoms with van der Waals surface area (Å²) in [6, 6.07) is 4.93. The summed E-state index contributed by atoms with van der Waals surface area (Å²) in [7, 11) is 0. The molecule has 1 amide bonds. The van der Waals surface area contributed by atoms with E-state index in [1.807, 2.05) is 4.90 Å². The molecule has 2 heterocycles. The molecular weight excluding hydrogens is 232 g/mol. The maximum atomic E-state index is 12.2. The molecule has 0 aliphatic carbocycles. The average Bonchev–Trinajstić information content (AvgIpc) is 2.62. The lowest BCUT2D eigenvalue weighted by molar-refractivity contribution is -0.132. The number of rotatable bonds is 2. The fourth-order valence-corrected chi connectivity index (χ4v) is 3.25. The summed E-state index contributed by atoms with van der Waals surface area (Å²) < 4.78 is 0. The largest absolute Gasteiger partial charge is 0.339 e. The van der Waals surface area contributed by atoms with Gasteiger partial charge in [-0.05, 0) is 32.9 Å². The van der Waals surface area contributed by atoms with Crippen molar-refractivity contribution in [3.05, 3.63) is 21.9 Å². The quantitative estimate of drug-likeness (QED) is 0.870. The summed E-state index contributed by atoms with van der Waals surface area (Å²) in [5.41, 5.74) is 0. The number of nitrogens with zero attached hydrogens (tertiary/aromatic N) is 1. The Kier molecular flexibility index (Phi) is 3.84. The number of thiophene rings is 1. The van der Waals surface area contributed by atoms with Gasteiger partial charge in [-0.15, -0.1) is 11.3 Å². The van der Waals surface area contributed by atoms with Crippen LogP contribution in [0.1, 0.15) is 23.6 Å². The SMILES string of the molecule is Cc1ccc(CC(=O)N2C[C@H](C)N[C@@H](C)C2)s1. The zero-order valence-electron chi connectivity index (χ0n) is 10.7. The van der Waals surface area contributed by atoms with E-state index in [9.17, 15) is 4.79 Å². The average molecular weight is 252 g/mol. The number of nitrogens with one attached hydrogen (secondary N) is 1. The maximum absolute atomic E-state index is 12.2. The lowest BCUT2D eigenvalue weighted by Crippen LogP contribution is -2.56. The van der Waals surface area contributed by atoms with Gasteiger partial charge in [0.15, 0.2) is 0 Å². The first kappa shape index (κ1) is 12.6. The van der Waals surface area contributed by atoms with Crippen molar-refractivity contribution in [2.24, 2.45) is 0 Å². The second-order valence-electron chi connectivity index (χ2n) is 4.96. The fraction of sp³-hybridized carbons (Fsp3) is 0.615. The van der Waals surface area contributed by atoms with Gasteiger partial charge < -0.3 is 10.2 Å². The molecule has 0 spiro atoms. The van der Waals surface area contributed by atoms with Gasteiger partial charge >= 0.3 is 0 Å². The monoisotopic (exact) mass is 252 g/mol. The van der Waals surface area contributed by atoms with Crippen molar-refractivity contribution < 1.29 is 4.79 Å². The van der Waals surface area contributed by atoms with Gasteiger partial charge in [-0.2, -0.15) is 0 Å². The predicted molar refractivity (Wildman–Crippen MR) is 71.4 cm³/mol. The van der Waals surface area contributed by atoms with Crippen molar-refractivity contribution >= 4 is 17.2 Å². The number of hydrogen-bond acceptors (Lipinski definition) is 3. The highest BCUT2D eigenvalue weighted by Gasteiger charge is 2.24. The van der Waals surface area contributed by atoms with Crippen LogP contribution in [0, 0.1) is 6.92 Å². The first-order valence-electron chi connectivity index (χ1n) is 6.13. The molecule has 0 bridgehead atoms. The van der Waals surface area contributed by atoms with E-state index in [1.165, 1.54) is 9.75 Å². The van der Waals surface area contributed by atoms with Crippen molar-refractivity contribution in [1.29, 1.82) is 0 Å². The molecule has 4 heteroatoms. The Morgan fingerprint density at radius 3 is 2.59 bits per heavy atom. The van der Waals surface area contributed by atoms with E-state index in [1.54, 1.807) is 11.3 Å². The van der Waals surface area contributed by atoms with Crippen LogP contribution in [0.5, 0.6) is 0 Å². The van der Waals surface area contributed by atoms with Crippen molar-refractivity contribution in [3.8, 4) is 0 Å². The van der Waals surface area contributed by atoms with Crippen molar-refractivity contribution in [2.45, 2.75) is 39.3 Å². The molecule has 3 nitrogen and oxygen atoms in total. The third-order valence-corrected chi connectivity index (χ3v) is 4.03. The summed E-state index contributed by atoms with van der Waals surface area (Å²) in [5, 5.41) is 3.44.